The third-order valence-corrected chi connectivity index (χ3v) is 2.27. The number of hydrogen-bond acceptors (Lipinski definition) is 4. The molecule has 0 saturated carbocycles. The van der Waals surface area contributed by atoms with Crippen molar-refractivity contribution in [2.24, 2.45) is 0 Å². The van der Waals surface area contributed by atoms with Crippen molar-refractivity contribution in [3.05, 3.63) is 29.8 Å². The molecule has 0 heterocycles. The van der Waals surface area contributed by atoms with Gasteiger partial charge in [0, 0.05) is 0 Å². The molecule has 4 heteroatoms. The van der Waals surface area contributed by atoms with E-state index >= 15 is 0 Å². The Bertz CT molecular complexity index is 331. The maximum absolute atomic E-state index is 11.5. The SMILES string of the molecule is CCOC(=O)C(CO)c1ccc(OC)cc1. The quantitative estimate of drug-likeness (QED) is 0.767. The summed E-state index contributed by atoms with van der Waals surface area (Å²) in [5.74, 6) is -0.315. The molecule has 0 amide bonds. The summed E-state index contributed by atoms with van der Waals surface area (Å²) < 4.78 is 9.89. The van der Waals surface area contributed by atoms with E-state index in [1.807, 2.05) is 0 Å². The molecule has 0 aliphatic rings. The monoisotopic (exact) mass is 224 g/mol. The molecule has 0 bridgehead atoms. The van der Waals surface area contributed by atoms with E-state index in [2.05, 4.69) is 0 Å². The van der Waals surface area contributed by atoms with Gasteiger partial charge in [-0.25, -0.2) is 0 Å². The molecule has 0 saturated heterocycles. The van der Waals surface area contributed by atoms with Gasteiger partial charge < -0.3 is 14.6 Å². The summed E-state index contributed by atoms with van der Waals surface area (Å²) in [7, 11) is 1.57. The first-order valence-corrected chi connectivity index (χ1v) is 5.14. The molecule has 0 spiro atoms. The average Bonchev–Trinajstić information content (AvgIpc) is 2.31. The van der Waals surface area contributed by atoms with Crippen LogP contribution in [0.2, 0.25) is 0 Å². The molecule has 4 nitrogen and oxygen atoms in total. The summed E-state index contributed by atoms with van der Waals surface area (Å²) in [6.07, 6.45) is 0. The molecule has 16 heavy (non-hydrogen) atoms. The Hall–Kier alpha value is -1.55. The molecule has 0 aliphatic carbocycles. The molecule has 1 atom stereocenters. The van der Waals surface area contributed by atoms with Gasteiger partial charge in [0.15, 0.2) is 0 Å². The van der Waals surface area contributed by atoms with Gasteiger partial charge in [-0.3, -0.25) is 4.79 Å². The summed E-state index contributed by atoms with van der Waals surface area (Å²) in [6.45, 7) is 1.79. The van der Waals surface area contributed by atoms with Gasteiger partial charge in [-0.15, -0.1) is 0 Å². The Kier molecular flexibility index (Phi) is 4.79. The number of hydrogen-bond donors (Lipinski definition) is 1. The Morgan fingerprint density at radius 3 is 2.44 bits per heavy atom. The molecule has 1 rings (SSSR count). The fraction of sp³-hybridized carbons (Fsp3) is 0.417. The lowest BCUT2D eigenvalue weighted by Crippen LogP contribution is -2.19. The number of methoxy groups -OCH3 is 1. The lowest BCUT2D eigenvalue weighted by molar-refractivity contribution is -0.145. The van der Waals surface area contributed by atoms with Crippen LogP contribution < -0.4 is 4.74 Å². The Morgan fingerprint density at radius 2 is 2.00 bits per heavy atom. The maximum atomic E-state index is 11.5. The van der Waals surface area contributed by atoms with Crippen LogP contribution in [-0.4, -0.2) is 31.4 Å². The third kappa shape index (κ3) is 2.97. The fourth-order valence-electron chi connectivity index (χ4n) is 1.40. The number of esters is 1. The number of ether oxygens (including phenoxy) is 2. The number of carbonyl (C=O) groups is 1. The first-order chi connectivity index (χ1) is 7.72. The van der Waals surface area contributed by atoms with E-state index in [9.17, 15) is 9.90 Å². The highest BCUT2D eigenvalue weighted by atomic mass is 16.5. The van der Waals surface area contributed by atoms with Crippen LogP contribution in [0.3, 0.4) is 0 Å². The fourth-order valence-corrected chi connectivity index (χ4v) is 1.40. The molecule has 1 N–H and O–H groups in total. The molecule has 1 aromatic carbocycles. The molecule has 1 unspecified atom stereocenters. The van der Waals surface area contributed by atoms with Gasteiger partial charge in [0.05, 0.1) is 20.3 Å². The highest BCUT2D eigenvalue weighted by Gasteiger charge is 2.20. The zero-order chi connectivity index (χ0) is 12.0. The first kappa shape index (κ1) is 12.5. The van der Waals surface area contributed by atoms with Crippen molar-refractivity contribution in [1.29, 1.82) is 0 Å². The average molecular weight is 224 g/mol. The van der Waals surface area contributed by atoms with Crippen molar-refractivity contribution in [2.45, 2.75) is 12.8 Å². The maximum Gasteiger partial charge on any atom is 0.315 e. The van der Waals surface area contributed by atoms with Crippen LogP contribution in [0.4, 0.5) is 0 Å². The normalized spacial score (nSPS) is 11.9. The Balaban J connectivity index is 2.82. The molecule has 0 aromatic heterocycles. The number of rotatable bonds is 5. The topological polar surface area (TPSA) is 55.8 Å². The minimum atomic E-state index is -0.620. The van der Waals surface area contributed by atoms with E-state index < -0.39 is 11.9 Å². The standard InChI is InChI=1S/C12H16O4/c1-3-16-12(14)11(8-13)9-4-6-10(15-2)7-5-9/h4-7,11,13H,3,8H2,1-2H3. The Labute approximate surface area is 94.8 Å². The van der Waals surface area contributed by atoms with Crippen LogP contribution >= 0.6 is 0 Å². The first-order valence-electron chi connectivity index (χ1n) is 5.14. The van der Waals surface area contributed by atoms with Crippen LogP contribution in [0.15, 0.2) is 24.3 Å². The third-order valence-electron chi connectivity index (χ3n) is 2.27. The zero-order valence-electron chi connectivity index (χ0n) is 9.47. The van der Waals surface area contributed by atoms with Gasteiger partial charge in [0.25, 0.3) is 0 Å². The van der Waals surface area contributed by atoms with Gasteiger partial charge in [-0.05, 0) is 24.6 Å². The summed E-state index contributed by atoms with van der Waals surface area (Å²) in [5, 5.41) is 9.17. The second kappa shape index (κ2) is 6.12. The van der Waals surface area contributed by atoms with Gasteiger partial charge in [0.2, 0.25) is 0 Å². The lowest BCUT2D eigenvalue weighted by atomic mass is 10.0. The van der Waals surface area contributed by atoms with Gasteiger partial charge in [-0.2, -0.15) is 0 Å². The predicted octanol–water partition coefficient (Wildman–Crippen LogP) is 1.33. The van der Waals surface area contributed by atoms with Crippen LogP contribution in [-0.2, 0) is 9.53 Å². The summed E-state index contributed by atoms with van der Waals surface area (Å²) in [4.78, 5) is 11.5. The molecule has 0 fully saturated rings. The van der Waals surface area contributed by atoms with Gasteiger partial charge >= 0.3 is 5.97 Å². The van der Waals surface area contributed by atoms with Crippen LogP contribution in [0.25, 0.3) is 0 Å². The lowest BCUT2D eigenvalue weighted by Gasteiger charge is -2.13. The van der Waals surface area contributed by atoms with E-state index in [-0.39, 0.29) is 6.61 Å². The van der Waals surface area contributed by atoms with Crippen LogP contribution in [0.5, 0.6) is 5.75 Å². The van der Waals surface area contributed by atoms with Crippen molar-refractivity contribution < 1.29 is 19.4 Å². The van der Waals surface area contributed by atoms with Crippen LogP contribution in [0, 0.1) is 0 Å². The van der Waals surface area contributed by atoms with E-state index in [4.69, 9.17) is 9.47 Å². The predicted molar refractivity (Wildman–Crippen MR) is 59.5 cm³/mol. The smallest absolute Gasteiger partial charge is 0.315 e. The van der Waals surface area contributed by atoms with Crippen molar-refractivity contribution in [3.63, 3.8) is 0 Å². The molecular formula is C12H16O4. The zero-order valence-corrected chi connectivity index (χ0v) is 9.47. The van der Waals surface area contributed by atoms with Crippen LogP contribution in [0.1, 0.15) is 18.4 Å². The van der Waals surface area contributed by atoms with E-state index in [1.54, 1.807) is 38.3 Å². The van der Waals surface area contributed by atoms with E-state index in [0.29, 0.717) is 12.4 Å². The highest BCUT2D eigenvalue weighted by molar-refractivity contribution is 5.78. The van der Waals surface area contributed by atoms with Crippen molar-refractivity contribution in [2.75, 3.05) is 20.3 Å². The van der Waals surface area contributed by atoms with Gasteiger partial charge in [0.1, 0.15) is 11.7 Å². The van der Waals surface area contributed by atoms with Crippen molar-refractivity contribution in [1.82, 2.24) is 0 Å². The largest absolute Gasteiger partial charge is 0.497 e. The molecule has 0 radical (unpaired) electrons. The molecule has 0 aliphatic heterocycles. The number of aliphatic hydroxyl groups excluding tert-OH is 1. The Morgan fingerprint density at radius 1 is 1.38 bits per heavy atom. The molecule has 88 valence electrons. The van der Waals surface area contributed by atoms with E-state index in [0.717, 1.165) is 5.56 Å². The highest BCUT2D eigenvalue weighted by Crippen LogP contribution is 2.20. The summed E-state index contributed by atoms with van der Waals surface area (Å²) in [6, 6.07) is 6.99. The van der Waals surface area contributed by atoms with E-state index in [1.165, 1.54) is 0 Å². The minimum Gasteiger partial charge on any atom is -0.497 e. The number of aliphatic hydroxyl groups is 1. The van der Waals surface area contributed by atoms with Gasteiger partial charge in [-0.1, -0.05) is 12.1 Å². The summed E-state index contributed by atoms with van der Waals surface area (Å²) >= 11 is 0. The second-order valence-corrected chi connectivity index (χ2v) is 3.26. The van der Waals surface area contributed by atoms with Crippen molar-refractivity contribution >= 4 is 5.97 Å². The molecule has 1 aromatic rings. The summed E-state index contributed by atoms with van der Waals surface area (Å²) in [5.41, 5.74) is 0.724. The van der Waals surface area contributed by atoms with Crippen molar-refractivity contribution in [3.8, 4) is 5.75 Å². The molecular weight excluding hydrogens is 208 g/mol. The number of carbonyl (C=O) groups excluding carboxylic acids is 1. The minimum absolute atomic E-state index is 0.259. The number of benzene rings is 1. The second-order valence-electron chi connectivity index (χ2n) is 3.26.